The van der Waals surface area contributed by atoms with Gasteiger partial charge >= 0.3 is 0 Å². The van der Waals surface area contributed by atoms with E-state index in [1.165, 1.54) is 32.1 Å². The lowest BCUT2D eigenvalue weighted by atomic mass is 10.0. The third-order valence-corrected chi connectivity index (χ3v) is 3.56. The number of nitrogens with zero attached hydrogens (tertiary/aromatic N) is 2. The Kier molecular flexibility index (Phi) is 4.86. The van der Waals surface area contributed by atoms with Gasteiger partial charge in [-0.1, -0.05) is 25.7 Å². The van der Waals surface area contributed by atoms with Crippen molar-refractivity contribution in [1.82, 2.24) is 9.55 Å². The minimum Gasteiger partial charge on any atom is -0.383 e. The molecule has 0 aliphatic heterocycles. The monoisotopic (exact) mass is 237 g/mol. The second-order valence-electron chi connectivity index (χ2n) is 4.80. The van der Waals surface area contributed by atoms with E-state index < -0.39 is 0 Å². The summed E-state index contributed by atoms with van der Waals surface area (Å²) in [4.78, 5) is 4.33. The molecule has 1 fully saturated rings. The summed E-state index contributed by atoms with van der Waals surface area (Å²) in [5.41, 5.74) is 0. The summed E-state index contributed by atoms with van der Waals surface area (Å²) in [6, 6.07) is 0. The van der Waals surface area contributed by atoms with Crippen LogP contribution in [0.1, 0.15) is 32.1 Å². The Labute approximate surface area is 103 Å². The molecule has 1 aliphatic carbocycles. The molecule has 0 atom stereocenters. The Balaban J connectivity index is 1.76. The van der Waals surface area contributed by atoms with Crippen LogP contribution >= 0.6 is 0 Å². The molecule has 0 amide bonds. The molecule has 0 aromatic carbocycles. The van der Waals surface area contributed by atoms with Crippen LogP contribution in [0.5, 0.6) is 0 Å². The van der Waals surface area contributed by atoms with E-state index in [1.807, 2.05) is 6.20 Å². The number of imidazole rings is 1. The van der Waals surface area contributed by atoms with E-state index in [0.29, 0.717) is 0 Å². The average molecular weight is 237 g/mol. The fraction of sp³-hybridized carbons (Fsp3) is 0.769. The van der Waals surface area contributed by atoms with E-state index in [0.717, 1.165) is 31.6 Å². The van der Waals surface area contributed by atoms with Crippen molar-refractivity contribution in [2.24, 2.45) is 5.92 Å². The summed E-state index contributed by atoms with van der Waals surface area (Å²) < 4.78 is 7.24. The predicted molar refractivity (Wildman–Crippen MR) is 69.2 cm³/mol. The van der Waals surface area contributed by atoms with Gasteiger partial charge in [-0.05, 0) is 12.3 Å². The molecule has 1 aliphatic rings. The largest absolute Gasteiger partial charge is 0.383 e. The summed E-state index contributed by atoms with van der Waals surface area (Å²) in [6.45, 7) is 2.62. The first kappa shape index (κ1) is 12.4. The molecule has 1 aromatic heterocycles. The van der Waals surface area contributed by atoms with Gasteiger partial charge in [0.1, 0.15) is 0 Å². The summed E-state index contributed by atoms with van der Waals surface area (Å²) in [5.74, 6) is 1.91. The van der Waals surface area contributed by atoms with Gasteiger partial charge in [-0.3, -0.25) is 0 Å². The fourth-order valence-corrected chi connectivity index (χ4v) is 2.54. The molecule has 1 aromatic rings. The number of nitrogens with one attached hydrogen (secondary N) is 1. The standard InChI is InChI=1S/C13H23N3O/c1-17-11-8-15-13-14-7-10-16(13)9-6-12-4-2-3-5-12/h7,10,12H,2-6,8-9,11H2,1H3,(H,14,15). The molecule has 0 bridgehead atoms. The molecule has 0 unspecified atom stereocenters. The Bertz CT molecular complexity index is 318. The van der Waals surface area contributed by atoms with Crippen LogP contribution in [0.25, 0.3) is 0 Å². The van der Waals surface area contributed by atoms with Crippen LogP contribution in [0, 0.1) is 5.92 Å². The second-order valence-corrected chi connectivity index (χ2v) is 4.80. The highest BCUT2D eigenvalue weighted by Gasteiger charge is 2.15. The second kappa shape index (κ2) is 6.64. The van der Waals surface area contributed by atoms with Crippen molar-refractivity contribution < 1.29 is 4.74 Å². The van der Waals surface area contributed by atoms with Gasteiger partial charge in [-0.15, -0.1) is 0 Å². The Hall–Kier alpha value is -1.03. The lowest BCUT2D eigenvalue weighted by Crippen LogP contribution is -2.13. The van der Waals surface area contributed by atoms with E-state index in [-0.39, 0.29) is 0 Å². The number of rotatable bonds is 7. The number of hydrogen-bond acceptors (Lipinski definition) is 3. The smallest absolute Gasteiger partial charge is 0.202 e. The van der Waals surface area contributed by atoms with Gasteiger partial charge in [-0.2, -0.15) is 0 Å². The van der Waals surface area contributed by atoms with E-state index in [4.69, 9.17) is 4.74 Å². The maximum atomic E-state index is 5.02. The third-order valence-electron chi connectivity index (χ3n) is 3.56. The molecule has 0 radical (unpaired) electrons. The summed E-state index contributed by atoms with van der Waals surface area (Å²) in [7, 11) is 1.72. The van der Waals surface area contributed by atoms with Gasteiger partial charge < -0.3 is 14.6 Å². The lowest BCUT2D eigenvalue weighted by molar-refractivity contribution is 0.210. The van der Waals surface area contributed by atoms with Crippen LogP contribution in [0.4, 0.5) is 5.95 Å². The quantitative estimate of drug-likeness (QED) is 0.741. The molecule has 4 nitrogen and oxygen atoms in total. The zero-order valence-electron chi connectivity index (χ0n) is 10.7. The summed E-state index contributed by atoms with van der Waals surface area (Å²) in [5, 5.41) is 3.30. The van der Waals surface area contributed by atoms with Crippen LogP contribution in [-0.4, -0.2) is 29.8 Å². The first-order chi connectivity index (χ1) is 8.40. The van der Waals surface area contributed by atoms with E-state index in [9.17, 15) is 0 Å². The fourth-order valence-electron chi connectivity index (χ4n) is 2.54. The van der Waals surface area contributed by atoms with Gasteiger partial charge in [0.05, 0.1) is 6.61 Å². The number of anilines is 1. The third kappa shape index (κ3) is 3.73. The van der Waals surface area contributed by atoms with Gasteiger partial charge in [0.15, 0.2) is 0 Å². The average Bonchev–Trinajstić information content (AvgIpc) is 2.97. The normalized spacial score (nSPS) is 16.5. The molecule has 1 heterocycles. The number of hydrogen-bond donors (Lipinski definition) is 1. The van der Waals surface area contributed by atoms with E-state index in [1.54, 1.807) is 7.11 Å². The van der Waals surface area contributed by atoms with Crippen LogP contribution in [0.2, 0.25) is 0 Å². The highest BCUT2D eigenvalue weighted by Crippen LogP contribution is 2.28. The highest BCUT2D eigenvalue weighted by molar-refractivity contribution is 5.25. The predicted octanol–water partition coefficient (Wildman–Crippen LogP) is 2.52. The maximum absolute atomic E-state index is 5.02. The number of aryl methyl sites for hydroxylation is 1. The number of aromatic nitrogens is 2. The zero-order chi connectivity index (χ0) is 11.9. The van der Waals surface area contributed by atoms with Gasteiger partial charge in [0.25, 0.3) is 0 Å². The molecule has 4 heteroatoms. The van der Waals surface area contributed by atoms with Crippen molar-refractivity contribution in [3.05, 3.63) is 12.4 Å². The van der Waals surface area contributed by atoms with Crippen molar-refractivity contribution in [3.8, 4) is 0 Å². The van der Waals surface area contributed by atoms with Crippen LogP contribution in [-0.2, 0) is 11.3 Å². The van der Waals surface area contributed by atoms with Gasteiger partial charge in [-0.25, -0.2) is 4.98 Å². The van der Waals surface area contributed by atoms with Crippen LogP contribution < -0.4 is 5.32 Å². The van der Waals surface area contributed by atoms with E-state index in [2.05, 4.69) is 21.1 Å². The maximum Gasteiger partial charge on any atom is 0.202 e. The topological polar surface area (TPSA) is 39.1 Å². The SMILES string of the molecule is COCCNc1nccn1CCC1CCCC1. The highest BCUT2D eigenvalue weighted by atomic mass is 16.5. The van der Waals surface area contributed by atoms with Crippen molar-refractivity contribution in [2.45, 2.75) is 38.6 Å². The Morgan fingerprint density at radius 3 is 3.06 bits per heavy atom. The molecule has 17 heavy (non-hydrogen) atoms. The zero-order valence-corrected chi connectivity index (χ0v) is 10.7. The van der Waals surface area contributed by atoms with Crippen LogP contribution in [0.15, 0.2) is 12.4 Å². The molecule has 1 saturated carbocycles. The Morgan fingerprint density at radius 1 is 1.47 bits per heavy atom. The van der Waals surface area contributed by atoms with E-state index >= 15 is 0 Å². The molecule has 2 rings (SSSR count). The molecule has 0 saturated heterocycles. The Morgan fingerprint density at radius 2 is 2.29 bits per heavy atom. The van der Waals surface area contributed by atoms with Crippen molar-refractivity contribution in [1.29, 1.82) is 0 Å². The summed E-state index contributed by atoms with van der Waals surface area (Å²) in [6.07, 6.45) is 10.9. The molecular formula is C13H23N3O. The lowest BCUT2D eigenvalue weighted by Gasteiger charge is -2.12. The van der Waals surface area contributed by atoms with Crippen molar-refractivity contribution in [2.75, 3.05) is 25.6 Å². The van der Waals surface area contributed by atoms with Gasteiger partial charge in [0.2, 0.25) is 5.95 Å². The van der Waals surface area contributed by atoms with Gasteiger partial charge in [0, 0.05) is 32.6 Å². The molecule has 1 N–H and O–H groups in total. The minimum absolute atomic E-state index is 0.718. The molecular weight excluding hydrogens is 214 g/mol. The van der Waals surface area contributed by atoms with Crippen molar-refractivity contribution in [3.63, 3.8) is 0 Å². The molecule has 96 valence electrons. The first-order valence-electron chi connectivity index (χ1n) is 6.64. The first-order valence-corrected chi connectivity index (χ1v) is 6.64. The number of ether oxygens (including phenoxy) is 1. The molecule has 0 spiro atoms. The minimum atomic E-state index is 0.718. The number of methoxy groups -OCH3 is 1. The van der Waals surface area contributed by atoms with Crippen molar-refractivity contribution >= 4 is 5.95 Å². The van der Waals surface area contributed by atoms with Crippen LogP contribution in [0.3, 0.4) is 0 Å². The summed E-state index contributed by atoms with van der Waals surface area (Å²) >= 11 is 0.